The number of rotatable bonds is 4. The van der Waals surface area contributed by atoms with Crippen LogP contribution >= 0.6 is 11.6 Å². The van der Waals surface area contributed by atoms with E-state index in [2.05, 4.69) is 10.5 Å². The molecule has 3 rings (SSSR count). The Bertz CT molecular complexity index is 821. The number of hydrazone groups is 1. The minimum atomic E-state index is -0.0607. The lowest BCUT2D eigenvalue weighted by atomic mass is 10.2. The smallest absolute Gasteiger partial charge is 0.252 e. The SMILES string of the molecule is O=C(CN/N=C/c1ccc(Cl)cc1)n1ccc2ccccc21. The first-order valence-electron chi connectivity index (χ1n) is 6.85. The van der Waals surface area contributed by atoms with Crippen LogP contribution in [0.25, 0.3) is 10.9 Å². The van der Waals surface area contributed by atoms with Crippen molar-refractivity contribution in [3.63, 3.8) is 0 Å². The molecule has 0 spiro atoms. The molecule has 3 aromatic rings. The van der Waals surface area contributed by atoms with E-state index in [4.69, 9.17) is 11.6 Å². The fourth-order valence-electron chi connectivity index (χ4n) is 2.17. The van der Waals surface area contributed by atoms with Gasteiger partial charge >= 0.3 is 0 Å². The van der Waals surface area contributed by atoms with Crippen molar-refractivity contribution in [2.75, 3.05) is 6.54 Å². The van der Waals surface area contributed by atoms with Crippen molar-refractivity contribution < 1.29 is 4.79 Å². The largest absolute Gasteiger partial charge is 0.301 e. The van der Waals surface area contributed by atoms with Gasteiger partial charge in [-0.2, -0.15) is 5.10 Å². The molecule has 0 fully saturated rings. The zero-order valence-corrected chi connectivity index (χ0v) is 12.5. The number of nitrogens with zero attached hydrogens (tertiary/aromatic N) is 2. The van der Waals surface area contributed by atoms with E-state index in [1.54, 1.807) is 29.1 Å². The highest BCUT2D eigenvalue weighted by Crippen LogP contribution is 2.14. The number of halogens is 1. The molecule has 0 amide bonds. The molecule has 5 heteroatoms. The highest BCUT2D eigenvalue weighted by atomic mass is 35.5. The number of aromatic nitrogens is 1. The lowest BCUT2D eigenvalue weighted by Gasteiger charge is -2.03. The Kier molecular flexibility index (Phi) is 4.21. The van der Waals surface area contributed by atoms with Gasteiger partial charge in [-0.25, -0.2) is 0 Å². The first kappa shape index (κ1) is 14.4. The molecule has 0 aliphatic rings. The second kappa shape index (κ2) is 6.45. The second-order valence-corrected chi connectivity index (χ2v) is 5.22. The molecule has 0 aliphatic carbocycles. The molecular weight excluding hydrogens is 298 g/mol. The van der Waals surface area contributed by atoms with Crippen molar-refractivity contribution in [2.24, 2.45) is 5.10 Å². The van der Waals surface area contributed by atoms with Crippen LogP contribution in [0.1, 0.15) is 10.4 Å². The van der Waals surface area contributed by atoms with Crippen LogP contribution in [-0.4, -0.2) is 23.2 Å². The number of hydrogen-bond acceptors (Lipinski definition) is 3. The van der Waals surface area contributed by atoms with Gasteiger partial charge in [-0.05, 0) is 29.8 Å². The minimum absolute atomic E-state index is 0.0607. The molecule has 1 heterocycles. The van der Waals surface area contributed by atoms with Crippen molar-refractivity contribution >= 4 is 34.6 Å². The molecule has 4 nitrogen and oxygen atoms in total. The summed E-state index contributed by atoms with van der Waals surface area (Å²) in [6.07, 6.45) is 3.43. The summed E-state index contributed by atoms with van der Waals surface area (Å²) in [7, 11) is 0. The number of fused-ring (bicyclic) bond motifs is 1. The summed E-state index contributed by atoms with van der Waals surface area (Å²) in [6, 6.07) is 17.0. The number of benzene rings is 2. The number of carbonyl (C=O) groups is 1. The average molecular weight is 312 g/mol. The van der Waals surface area contributed by atoms with E-state index in [1.807, 2.05) is 42.5 Å². The molecule has 110 valence electrons. The van der Waals surface area contributed by atoms with Crippen LogP contribution in [0.5, 0.6) is 0 Å². The Morgan fingerprint density at radius 3 is 2.73 bits per heavy atom. The quantitative estimate of drug-likeness (QED) is 0.591. The lowest BCUT2D eigenvalue weighted by Crippen LogP contribution is -2.23. The first-order chi connectivity index (χ1) is 10.7. The van der Waals surface area contributed by atoms with Gasteiger partial charge in [-0.15, -0.1) is 0 Å². The van der Waals surface area contributed by atoms with Crippen LogP contribution in [0, 0.1) is 0 Å². The molecule has 22 heavy (non-hydrogen) atoms. The summed E-state index contributed by atoms with van der Waals surface area (Å²) in [4.78, 5) is 12.2. The number of carbonyl (C=O) groups excluding carboxylic acids is 1. The standard InChI is InChI=1S/C17H14ClN3O/c18-15-7-5-13(6-8-15)11-19-20-12-17(22)21-10-9-14-3-1-2-4-16(14)21/h1-11,20H,12H2/b19-11+. The number of para-hydroxylation sites is 1. The number of hydrogen-bond donors (Lipinski definition) is 1. The van der Waals surface area contributed by atoms with Gasteiger partial charge in [0, 0.05) is 16.6 Å². The predicted octanol–water partition coefficient (Wildman–Crippen LogP) is 3.56. The van der Waals surface area contributed by atoms with E-state index in [0.29, 0.717) is 5.02 Å². The summed E-state index contributed by atoms with van der Waals surface area (Å²) in [5.41, 5.74) is 4.58. The molecule has 0 aliphatic heterocycles. The van der Waals surface area contributed by atoms with E-state index >= 15 is 0 Å². The number of nitrogens with one attached hydrogen (secondary N) is 1. The summed E-state index contributed by atoms with van der Waals surface area (Å²) < 4.78 is 1.63. The normalized spacial score (nSPS) is 11.1. The molecule has 0 saturated heterocycles. The fourth-order valence-corrected chi connectivity index (χ4v) is 2.29. The van der Waals surface area contributed by atoms with Crippen molar-refractivity contribution in [2.45, 2.75) is 0 Å². The highest BCUT2D eigenvalue weighted by molar-refractivity contribution is 6.30. The van der Waals surface area contributed by atoms with E-state index in [9.17, 15) is 4.79 Å². The van der Waals surface area contributed by atoms with E-state index < -0.39 is 0 Å². The van der Waals surface area contributed by atoms with Crippen molar-refractivity contribution in [1.29, 1.82) is 0 Å². The van der Waals surface area contributed by atoms with Gasteiger partial charge in [0.2, 0.25) is 0 Å². The Balaban J connectivity index is 1.62. The highest BCUT2D eigenvalue weighted by Gasteiger charge is 2.07. The minimum Gasteiger partial charge on any atom is -0.301 e. The van der Waals surface area contributed by atoms with Gasteiger partial charge in [-0.3, -0.25) is 9.36 Å². The van der Waals surface area contributed by atoms with E-state index in [0.717, 1.165) is 16.5 Å². The molecule has 0 unspecified atom stereocenters. The topological polar surface area (TPSA) is 46.4 Å². The fraction of sp³-hybridized carbons (Fsp3) is 0.0588. The third kappa shape index (κ3) is 3.18. The van der Waals surface area contributed by atoms with Crippen LogP contribution in [0.15, 0.2) is 65.9 Å². The van der Waals surface area contributed by atoms with Crippen LogP contribution in [0.3, 0.4) is 0 Å². The van der Waals surface area contributed by atoms with E-state index in [1.165, 1.54) is 0 Å². The third-order valence-electron chi connectivity index (χ3n) is 3.27. The van der Waals surface area contributed by atoms with Gasteiger partial charge in [0.1, 0.15) is 6.54 Å². The van der Waals surface area contributed by atoms with Crippen molar-refractivity contribution in [1.82, 2.24) is 9.99 Å². The molecule has 1 N–H and O–H groups in total. The maximum atomic E-state index is 12.2. The summed E-state index contributed by atoms with van der Waals surface area (Å²) >= 11 is 5.81. The van der Waals surface area contributed by atoms with Crippen molar-refractivity contribution in [3.8, 4) is 0 Å². The van der Waals surface area contributed by atoms with Gasteiger partial charge in [0.15, 0.2) is 0 Å². The monoisotopic (exact) mass is 311 g/mol. The van der Waals surface area contributed by atoms with Gasteiger partial charge < -0.3 is 5.43 Å². The molecule has 2 aromatic carbocycles. The second-order valence-electron chi connectivity index (χ2n) is 4.78. The van der Waals surface area contributed by atoms with Crippen LogP contribution in [0.2, 0.25) is 5.02 Å². The molecule has 0 bridgehead atoms. The average Bonchev–Trinajstić information content (AvgIpc) is 2.97. The third-order valence-corrected chi connectivity index (χ3v) is 3.53. The van der Waals surface area contributed by atoms with Crippen LogP contribution in [0.4, 0.5) is 0 Å². The lowest BCUT2D eigenvalue weighted by molar-refractivity contribution is 0.0918. The maximum absolute atomic E-state index is 12.2. The molecule has 0 saturated carbocycles. The summed E-state index contributed by atoms with van der Waals surface area (Å²) in [5, 5.41) is 5.77. The first-order valence-corrected chi connectivity index (χ1v) is 7.22. The molecule has 0 atom stereocenters. The summed E-state index contributed by atoms with van der Waals surface area (Å²) in [5.74, 6) is -0.0607. The molecular formula is C17H14ClN3O. The predicted molar refractivity (Wildman–Crippen MR) is 89.6 cm³/mol. The Labute approximate surface area is 133 Å². The van der Waals surface area contributed by atoms with Crippen molar-refractivity contribution in [3.05, 3.63) is 71.4 Å². The zero-order chi connectivity index (χ0) is 15.4. The van der Waals surface area contributed by atoms with Gasteiger partial charge in [0.05, 0.1) is 11.7 Å². The van der Waals surface area contributed by atoms with Gasteiger partial charge in [0.25, 0.3) is 5.91 Å². The Hall–Kier alpha value is -2.59. The summed E-state index contributed by atoms with van der Waals surface area (Å²) in [6.45, 7) is 0.128. The van der Waals surface area contributed by atoms with Crippen LogP contribution in [-0.2, 0) is 0 Å². The van der Waals surface area contributed by atoms with Crippen LogP contribution < -0.4 is 5.43 Å². The molecule has 1 aromatic heterocycles. The van der Waals surface area contributed by atoms with E-state index in [-0.39, 0.29) is 12.5 Å². The Morgan fingerprint density at radius 2 is 1.91 bits per heavy atom. The Morgan fingerprint density at radius 1 is 1.14 bits per heavy atom. The molecule has 0 radical (unpaired) electrons. The van der Waals surface area contributed by atoms with Gasteiger partial charge in [-0.1, -0.05) is 41.9 Å². The maximum Gasteiger partial charge on any atom is 0.252 e. The zero-order valence-electron chi connectivity index (χ0n) is 11.7.